The topological polar surface area (TPSA) is 38.7 Å². The van der Waals surface area contributed by atoms with Gasteiger partial charge in [-0.15, -0.1) is 0 Å². The minimum Gasteiger partial charge on any atom is -0.425 e. The van der Waals surface area contributed by atoms with Crippen molar-refractivity contribution in [3.05, 3.63) is 35.4 Å². The van der Waals surface area contributed by atoms with Crippen molar-refractivity contribution in [2.75, 3.05) is 0 Å². The number of aryl methyl sites for hydroxylation is 1. The predicted molar refractivity (Wildman–Crippen MR) is 53.7 cm³/mol. The summed E-state index contributed by atoms with van der Waals surface area (Å²) in [4.78, 5) is 14.5. The number of nitrogens with zero attached hydrogens (tertiary/aromatic N) is 1. The van der Waals surface area contributed by atoms with Gasteiger partial charge in [-0.1, -0.05) is 29.8 Å². The minimum absolute atomic E-state index is 0.285. The molecule has 0 bridgehead atoms. The molecule has 2 rings (SSSR count). The molecule has 17 heavy (non-hydrogen) atoms. The van der Waals surface area contributed by atoms with Crippen molar-refractivity contribution in [2.24, 2.45) is 4.99 Å². The maximum absolute atomic E-state index is 12.3. The van der Waals surface area contributed by atoms with Gasteiger partial charge < -0.3 is 4.74 Å². The summed E-state index contributed by atoms with van der Waals surface area (Å²) in [7, 11) is 0. The van der Waals surface area contributed by atoms with E-state index in [1.165, 1.54) is 12.1 Å². The van der Waals surface area contributed by atoms with E-state index in [2.05, 4.69) is 9.73 Å². The Morgan fingerprint density at radius 1 is 1.24 bits per heavy atom. The number of aliphatic imine (C=N–C) groups is 1. The highest BCUT2D eigenvalue weighted by atomic mass is 19.4. The third-order valence-electron chi connectivity index (χ3n) is 2.26. The molecule has 1 aromatic carbocycles. The van der Waals surface area contributed by atoms with Crippen LogP contribution in [0.25, 0.3) is 0 Å². The Morgan fingerprint density at radius 3 is 2.29 bits per heavy atom. The first-order valence-corrected chi connectivity index (χ1v) is 4.80. The number of alkyl halides is 3. The van der Waals surface area contributed by atoms with E-state index in [0.29, 0.717) is 5.56 Å². The zero-order chi connectivity index (χ0) is 12.6. The quantitative estimate of drug-likeness (QED) is 0.709. The van der Waals surface area contributed by atoms with E-state index >= 15 is 0 Å². The normalized spacial score (nSPS) is 20.1. The summed E-state index contributed by atoms with van der Waals surface area (Å²) in [5.74, 6) is -1.05. The summed E-state index contributed by atoms with van der Waals surface area (Å²) < 4.78 is 41.1. The minimum atomic E-state index is -4.66. The number of hydrogen-bond acceptors (Lipinski definition) is 3. The van der Waals surface area contributed by atoms with Crippen LogP contribution in [0.2, 0.25) is 0 Å². The van der Waals surface area contributed by atoms with Gasteiger partial charge in [0.05, 0.1) is 0 Å². The Labute approximate surface area is 94.9 Å². The Morgan fingerprint density at radius 2 is 1.82 bits per heavy atom. The van der Waals surface area contributed by atoms with Gasteiger partial charge in [-0.2, -0.15) is 13.2 Å². The largest absolute Gasteiger partial charge is 0.447 e. The summed E-state index contributed by atoms with van der Waals surface area (Å²) in [5, 5.41) is 0. The Kier molecular flexibility index (Phi) is 2.65. The fourth-order valence-corrected chi connectivity index (χ4v) is 1.40. The first kappa shape index (κ1) is 11.6. The standard InChI is InChI=1S/C11H8F3NO2/c1-6-2-4-7(5-3-6)8-9(16)17-10(15-8)11(12,13)14/h2-5,10H,1H3. The van der Waals surface area contributed by atoms with Crippen LogP contribution in [-0.4, -0.2) is 24.1 Å². The summed E-state index contributed by atoms with van der Waals surface area (Å²) in [5.41, 5.74) is 0.979. The lowest BCUT2D eigenvalue weighted by Crippen LogP contribution is -2.27. The monoisotopic (exact) mass is 243 g/mol. The summed E-state index contributed by atoms with van der Waals surface area (Å²) in [6.45, 7) is 1.83. The molecular formula is C11H8F3NO2. The first-order valence-electron chi connectivity index (χ1n) is 4.80. The lowest BCUT2D eigenvalue weighted by atomic mass is 10.1. The van der Waals surface area contributed by atoms with E-state index in [9.17, 15) is 18.0 Å². The van der Waals surface area contributed by atoms with Gasteiger partial charge in [0.15, 0.2) is 5.71 Å². The van der Waals surface area contributed by atoms with E-state index in [1.807, 2.05) is 6.92 Å². The molecule has 1 atom stereocenters. The smallest absolute Gasteiger partial charge is 0.425 e. The van der Waals surface area contributed by atoms with Crippen molar-refractivity contribution in [2.45, 2.75) is 19.3 Å². The number of rotatable bonds is 1. The molecule has 0 radical (unpaired) electrons. The summed E-state index contributed by atoms with van der Waals surface area (Å²) >= 11 is 0. The van der Waals surface area contributed by atoms with Gasteiger partial charge in [0, 0.05) is 5.56 Å². The van der Waals surface area contributed by atoms with Gasteiger partial charge in [-0.3, -0.25) is 0 Å². The molecule has 1 aliphatic rings. The molecule has 0 fully saturated rings. The van der Waals surface area contributed by atoms with Crippen LogP contribution in [-0.2, 0) is 9.53 Å². The highest BCUT2D eigenvalue weighted by molar-refractivity contribution is 6.44. The lowest BCUT2D eigenvalue weighted by Gasteiger charge is -2.09. The van der Waals surface area contributed by atoms with Gasteiger partial charge in [0.2, 0.25) is 0 Å². The number of esters is 1. The molecule has 0 aromatic heterocycles. The van der Waals surface area contributed by atoms with Crippen LogP contribution < -0.4 is 0 Å². The summed E-state index contributed by atoms with van der Waals surface area (Å²) in [6.07, 6.45) is -7.05. The van der Waals surface area contributed by atoms with Gasteiger partial charge in [0.25, 0.3) is 6.23 Å². The Hall–Kier alpha value is -1.85. The number of benzene rings is 1. The average molecular weight is 243 g/mol. The molecule has 6 heteroatoms. The predicted octanol–water partition coefficient (Wildman–Crippen LogP) is 2.23. The van der Waals surface area contributed by atoms with Gasteiger partial charge in [0.1, 0.15) is 0 Å². The fourth-order valence-electron chi connectivity index (χ4n) is 1.40. The van der Waals surface area contributed by atoms with Crippen LogP contribution in [0, 0.1) is 6.92 Å². The average Bonchev–Trinajstić information content (AvgIpc) is 2.61. The van der Waals surface area contributed by atoms with E-state index in [-0.39, 0.29) is 5.71 Å². The van der Waals surface area contributed by atoms with Crippen molar-refractivity contribution in [1.29, 1.82) is 0 Å². The molecular weight excluding hydrogens is 235 g/mol. The van der Waals surface area contributed by atoms with Crippen molar-refractivity contribution >= 4 is 11.7 Å². The highest BCUT2D eigenvalue weighted by Gasteiger charge is 2.47. The van der Waals surface area contributed by atoms with Crippen LogP contribution in [0.15, 0.2) is 29.3 Å². The van der Waals surface area contributed by atoms with Crippen molar-refractivity contribution in [3.63, 3.8) is 0 Å². The van der Waals surface area contributed by atoms with E-state index in [0.717, 1.165) is 5.56 Å². The zero-order valence-electron chi connectivity index (χ0n) is 8.78. The maximum atomic E-state index is 12.3. The van der Waals surface area contributed by atoms with E-state index in [4.69, 9.17) is 0 Å². The SMILES string of the molecule is Cc1ccc(C2=NC(C(F)(F)F)OC2=O)cc1. The molecule has 0 spiro atoms. The molecule has 3 nitrogen and oxygen atoms in total. The van der Waals surface area contributed by atoms with Crippen molar-refractivity contribution < 1.29 is 22.7 Å². The van der Waals surface area contributed by atoms with Crippen LogP contribution in [0.5, 0.6) is 0 Å². The van der Waals surface area contributed by atoms with Crippen LogP contribution in [0.1, 0.15) is 11.1 Å². The second kappa shape index (κ2) is 3.87. The fraction of sp³-hybridized carbons (Fsp3) is 0.273. The van der Waals surface area contributed by atoms with Gasteiger partial charge >= 0.3 is 12.1 Å². The third kappa shape index (κ3) is 2.30. The number of carbonyl (C=O) groups is 1. The molecule has 1 aromatic rings. The Balaban J connectivity index is 2.33. The lowest BCUT2D eigenvalue weighted by molar-refractivity contribution is -0.210. The number of ether oxygens (including phenoxy) is 1. The van der Waals surface area contributed by atoms with Crippen LogP contribution in [0.3, 0.4) is 0 Å². The maximum Gasteiger partial charge on any atom is 0.447 e. The molecule has 1 unspecified atom stereocenters. The van der Waals surface area contributed by atoms with Gasteiger partial charge in [-0.05, 0) is 6.92 Å². The summed E-state index contributed by atoms with van der Waals surface area (Å²) in [6, 6.07) is 6.44. The molecule has 0 N–H and O–H groups in total. The molecule has 0 saturated heterocycles. The Bertz CT molecular complexity index is 476. The number of hydrogen-bond donors (Lipinski definition) is 0. The molecule has 90 valence electrons. The van der Waals surface area contributed by atoms with Crippen molar-refractivity contribution in [3.8, 4) is 0 Å². The van der Waals surface area contributed by atoms with E-state index in [1.54, 1.807) is 12.1 Å². The number of cyclic esters (lactones) is 1. The number of carbonyl (C=O) groups excluding carboxylic acids is 1. The van der Waals surface area contributed by atoms with Crippen LogP contribution >= 0.6 is 0 Å². The van der Waals surface area contributed by atoms with Crippen molar-refractivity contribution in [1.82, 2.24) is 0 Å². The third-order valence-corrected chi connectivity index (χ3v) is 2.26. The van der Waals surface area contributed by atoms with Crippen LogP contribution in [0.4, 0.5) is 13.2 Å². The molecule has 1 aliphatic heterocycles. The highest BCUT2D eigenvalue weighted by Crippen LogP contribution is 2.28. The molecule has 1 heterocycles. The molecule has 0 amide bonds. The second-order valence-corrected chi connectivity index (χ2v) is 3.64. The zero-order valence-corrected chi connectivity index (χ0v) is 8.78. The van der Waals surface area contributed by atoms with Gasteiger partial charge in [-0.25, -0.2) is 9.79 Å². The second-order valence-electron chi connectivity index (χ2n) is 3.64. The van der Waals surface area contributed by atoms with E-state index < -0.39 is 18.4 Å². The first-order chi connectivity index (χ1) is 7.88. The number of halogens is 3. The molecule has 0 aliphatic carbocycles. The molecule has 0 saturated carbocycles.